The number of aryl methyl sites for hydroxylation is 1. The van der Waals surface area contributed by atoms with Crippen LogP contribution < -0.4 is 28.7 Å². The van der Waals surface area contributed by atoms with Gasteiger partial charge in [-0.3, -0.25) is 24.2 Å². The highest BCUT2D eigenvalue weighted by Crippen LogP contribution is 2.41. The number of hydrogen-bond acceptors (Lipinski definition) is 10. The molecule has 0 fully saturated rings. The van der Waals surface area contributed by atoms with Crippen molar-refractivity contribution in [1.29, 1.82) is 0 Å². The first-order valence-electron chi connectivity index (χ1n) is 20.0. The minimum Gasteiger partial charge on any atom is -0.493 e. The number of anilines is 2. The maximum Gasteiger partial charge on any atom is 0.414 e. The topological polar surface area (TPSA) is 144 Å². The molecule has 0 saturated carbocycles. The Morgan fingerprint density at radius 2 is 1.58 bits per heavy atom. The molecule has 0 saturated heterocycles. The molecule has 3 unspecified atom stereocenters. The molecular formula is C46H57N3O10. The molecule has 3 atom stereocenters. The Labute approximate surface area is 347 Å². The summed E-state index contributed by atoms with van der Waals surface area (Å²) in [5.74, 6) is 0.888. The number of methoxy groups -OCH3 is 2. The molecule has 5 rings (SSSR count). The van der Waals surface area contributed by atoms with Crippen LogP contribution in [-0.2, 0) is 16.1 Å². The van der Waals surface area contributed by atoms with Crippen molar-refractivity contribution < 1.29 is 48.0 Å². The van der Waals surface area contributed by atoms with Crippen LogP contribution in [-0.4, -0.2) is 80.4 Å². The lowest BCUT2D eigenvalue weighted by Crippen LogP contribution is -2.47. The quantitative estimate of drug-likeness (QED) is 0.0543. The lowest BCUT2D eigenvalue weighted by molar-refractivity contribution is -0.109. The van der Waals surface area contributed by atoms with Crippen molar-refractivity contribution in [3.63, 3.8) is 0 Å². The molecule has 0 bridgehead atoms. The van der Waals surface area contributed by atoms with Crippen LogP contribution in [0.25, 0.3) is 0 Å². The van der Waals surface area contributed by atoms with Gasteiger partial charge in [-0.2, -0.15) is 0 Å². The minimum atomic E-state index is -1.24. The van der Waals surface area contributed by atoms with Crippen molar-refractivity contribution in [1.82, 2.24) is 4.90 Å². The van der Waals surface area contributed by atoms with Crippen molar-refractivity contribution in [3.8, 4) is 23.0 Å². The van der Waals surface area contributed by atoms with E-state index in [2.05, 4.69) is 6.92 Å². The maximum absolute atomic E-state index is 13.9. The van der Waals surface area contributed by atoms with Gasteiger partial charge in [-0.15, -0.1) is 0 Å². The van der Waals surface area contributed by atoms with Gasteiger partial charge < -0.3 is 33.7 Å². The number of carbonyl (C=O) groups excluding carboxylic acids is 4. The fourth-order valence-electron chi connectivity index (χ4n) is 7.36. The molecule has 2 aliphatic heterocycles. The Kier molecular flexibility index (Phi) is 15.2. The summed E-state index contributed by atoms with van der Waals surface area (Å²) in [7, 11) is 2.98. The van der Waals surface area contributed by atoms with Gasteiger partial charge in [0.2, 0.25) is 6.41 Å². The van der Waals surface area contributed by atoms with Gasteiger partial charge in [0.25, 0.3) is 5.91 Å². The van der Waals surface area contributed by atoms with Crippen LogP contribution in [0.2, 0.25) is 0 Å². The number of unbranched alkanes of at least 4 members (excludes halogenated alkanes) is 2. The van der Waals surface area contributed by atoms with Crippen molar-refractivity contribution in [2.75, 3.05) is 43.8 Å². The summed E-state index contributed by atoms with van der Waals surface area (Å²) in [5.41, 5.74) is 5.22. The number of allylic oxidation sites excluding steroid dienone is 2. The zero-order valence-electron chi connectivity index (χ0n) is 35.4. The molecule has 0 aromatic heterocycles. The maximum atomic E-state index is 13.9. The van der Waals surface area contributed by atoms with Gasteiger partial charge in [-0.1, -0.05) is 54.0 Å². The summed E-state index contributed by atoms with van der Waals surface area (Å²) in [6.07, 6.45) is 5.67. The highest BCUT2D eigenvalue weighted by Gasteiger charge is 2.42. The highest BCUT2D eigenvalue weighted by molar-refractivity contribution is 6.05. The first-order valence-corrected chi connectivity index (χ1v) is 20.0. The molecular weight excluding hydrogens is 755 g/mol. The van der Waals surface area contributed by atoms with E-state index in [1.807, 2.05) is 58.0 Å². The van der Waals surface area contributed by atoms with Gasteiger partial charge in [-0.25, -0.2) is 4.79 Å². The standard InChI is InChI=1S/C46H57N3O10/c1-9-29(2)19-31(4)26-48(46(54)59-27-34-15-13-30(3)14-16-34)37-23-42(40(55-7)21-35(37)33(6)51)57-17-11-10-12-18-58-43-24-38-36(22-41(43)56-8)44(52)47-25-32(5)20-39(47)45(53)49(38)28-50/h9,13-16,21-25,28,31,39,45,53H,10-12,17-20,26-27H2,1-8H3/b29-9-. The Morgan fingerprint density at radius 3 is 2.19 bits per heavy atom. The Balaban J connectivity index is 1.26. The molecule has 3 amide bonds. The van der Waals surface area contributed by atoms with Crippen molar-refractivity contribution in [2.24, 2.45) is 5.92 Å². The first kappa shape index (κ1) is 44.3. The van der Waals surface area contributed by atoms with Gasteiger partial charge in [-0.05, 0) is 90.3 Å². The lowest BCUT2D eigenvalue weighted by Gasteiger charge is -2.29. The average Bonchev–Trinajstić information content (AvgIpc) is 3.60. The summed E-state index contributed by atoms with van der Waals surface area (Å²) < 4.78 is 29.4. The average molecular weight is 812 g/mol. The second kappa shape index (κ2) is 20.2. The number of aliphatic hydroxyl groups is 1. The molecule has 1 N–H and O–H groups in total. The van der Waals surface area contributed by atoms with Crippen LogP contribution in [0.5, 0.6) is 23.0 Å². The third-order valence-electron chi connectivity index (χ3n) is 10.6. The fourth-order valence-corrected chi connectivity index (χ4v) is 7.36. The molecule has 0 spiro atoms. The number of rotatable bonds is 19. The van der Waals surface area contributed by atoms with Gasteiger partial charge in [0.05, 0.1) is 50.4 Å². The van der Waals surface area contributed by atoms with Crippen LogP contribution >= 0.6 is 0 Å². The number of nitrogens with zero attached hydrogens (tertiary/aromatic N) is 3. The zero-order chi connectivity index (χ0) is 42.8. The zero-order valence-corrected chi connectivity index (χ0v) is 35.4. The van der Waals surface area contributed by atoms with Crippen LogP contribution in [0, 0.1) is 12.8 Å². The summed E-state index contributed by atoms with van der Waals surface area (Å²) in [5, 5.41) is 11.1. The van der Waals surface area contributed by atoms with Crippen LogP contribution in [0.1, 0.15) is 98.6 Å². The number of aliphatic hydroxyl groups excluding tert-OH is 1. The highest BCUT2D eigenvalue weighted by atomic mass is 16.6. The van der Waals surface area contributed by atoms with Gasteiger partial charge in [0.15, 0.2) is 35.0 Å². The predicted octanol–water partition coefficient (Wildman–Crippen LogP) is 8.39. The van der Waals surface area contributed by atoms with Crippen molar-refractivity contribution in [3.05, 3.63) is 94.2 Å². The Bertz CT molecular complexity index is 2060. The fraction of sp³-hybridized carbons (Fsp3) is 0.435. The number of hydrogen-bond donors (Lipinski definition) is 1. The van der Waals surface area contributed by atoms with Gasteiger partial charge in [0.1, 0.15) is 6.61 Å². The Morgan fingerprint density at radius 1 is 0.932 bits per heavy atom. The van der Waals surface area contributed by atoms with E-state index in [1.165, 1.54) is 36.5 Å². The van der Waals surface area contributed by atoms with E-state index in [0.29, 0.717) is 86.1 Å². The smallest absolute Gasteiger partial charge is 0.414 e. The molecule has 0 radical (unpaired) electrons. The lowest BCUT2D eigenvalue weighted by atomic mass is 10.0. The molecule has 2 heterocycles. The largest absolute Gasteiger partial charge is 0.493 e. The van der Waals surface area contributed by atoms with Crippen LogP contribution in [0.15, 0.2) is 72.0 Å². The van der Waals surface area contributed by atoms with E-state index in [0.717, 1.165) is 28.0 Å². The molecule has 59 heavy (non-hydrogen) atoms. The number of carbonyl (C=O) groups is 4. The normalized spacial score (nSPS) is 16.7. The van der Waals surface area contributed by atoms with E-state index in [4.69, 9.17) is 23.7 Å². The number of fused-ring (bicyclic) bond motifs is 2. The van der Waals surface area contributed by atoms with E-state index in [1.54, 1.807) is 30.5 Å². The van der Waals surface area contributed by atoms with Crippen molar-refractivity contribution in [2.45, 2.75) is 92.5 Å². The van der Waals surface area contributed by atoms with E-state index < -0.39 is 18.4 Å². The van der Waals surface area contributed by atoms with Crippen LogP contribution in [0.4, 0.5) is 16.2 Å². The Hall–Kier alpha value is -5.82. The molecule has 13 heteroatoms. The molecule has 2 aliphatic rings. The number of benzene rings is 3. The number of ketones is 1. The second-order valence-electron chi connectivity index (χ2n) is 15.3. The third kappa shape index (κ3) is 10.6. The molecule has 0 aliphatic carbocycles. The summed E-state index contributed by atoms with van der Waals surface area (Å²) in [6, 6.07) is 13.6. The predicted molar refractivity (Wildman–Crippen MR) is 226 cm³/mol. The first-order chi connectivity index (χ1) is 28.3. The van der Waals surface area contributed by atoms with Crippen molar-refractivity contribution >= 4 is 35.6 Å². The number of Topliss-reactive ketones (excluding diaryl/α,β-unsaturated/α-hetero) is 1. The van der Waals surface area contributed by atoms with E-state index in [9.17, 15) is 24.3 Å². The second-order valence-corrected chi connectivity index (χ2v) is 15.3. The minimum absolute atomic E-state index is 0.0508. The van der Waals surface area contributed by atoms with E-state index in [-0.39, 0.29) is 35.5 Å². The van der Waals surface area contributed by atoms with E-state index >= 15 is 0 Å². The molecule has 13 nitrogen and oxygen atoms in total. The summed E-state index contributed by atoms with van der Waals surface area (Å²) in [6.45, 7) is 12.4. The molecule has 3 aromatic carbocycles. The number of amides is 3. The SMILES string of the molecule is C/C=C(/C)CC(C)CN(C(=O)OCc1ccc(C)cc1)c1cc(OCCCCCOc2cc3c(cc2OC)C(=O)N2C=C(C)CC2C(O)N3C=O)c(OC)cc1C(C)=O. The molecule has 3 aromatic rings. The van der Waals surface area contributed by atoms with Gasteiger partial charge in [0, 0.05) is 30.4 Å². The summed E-state index contributed by atoms with van der Waals surface area (Å²) in [4.78, 5) is 56.8. The van der Waals surface area contributed by atoms with Crippen LogP contribution in [0.3, 0.4) is 0 Å². The molecule has 316 valence electrons. The number of ether oxygens (including phenoxy) is 5. The third-order valence-corrected chi connectivity index (χ3v) is 10.6. The summed E-state index contributed by atoms with van der Waals surface area (Å²) >= 11 is 0. The van der Waals surface area contributed by atoms with Gasteiger partial charge >= 0.3 is 6.09 Å². The monoisotopic (exact) mass is 811 g/mol.